The Morgan fingerprint density at radius 2 is 2.22 bits per heavy atom. The molecule has 2 heteroatoms. The van der Waals surface area contributed by atoms with Crippen molar-refractivity contribution in [1.29, 1.82) is 0 Å². The zero-order chi connectivity index (χ0) is 6.91. The summed E-state index contributed by atoms with van der Waals surface area (Å²) in [5, 5.41) is 0. The highest BCUT2D eigenvalue weighted by Gasteiger charge is 2.38. The van der Waals surface area contributed by atoms with Gasteiger partial charge in [-0.25, -0.2) is 0 Å². The van der Waals surface area contributed by atoms with Crippen molar-refractivity contribution in [3.05, 3.63) is 0 Å². The average molecular weight is 129 g/mol. The summed E-state index contributed by atoms with van der Waals surface area (Å²) in [6.45, 7) is 4.51. The zero-order valence-electron chi connectivity index (χ0n) is 6.40. The molecule has 1 saturated carbocycles. The lowest BCUT2D eigenvalue weighted by molar-refractivity contribution is -0.0300. The molecule has 54 valence electrons. The summed E-state index contributed by atoms with van der Waals surface area (Å²) in [4.78, 5) is 4.83. The predicted octanol–water partition coefficient (Wildman–Crippen LogP) is 1.33. The van der Waals surface area contributed by atoms with Gasteiger partial charge in [-0.1, -0.05) is 13.8 Å². The first-order chi connectivity index (χ1) is 4.17. The third-order valence-corrected chi connectivity index (χ3v) is 2.28. The highest BCUT2D eigenvalue weighted by atomic mass is 16.6. The van der Waals surface area contributed by atoms with Crippen molar-refractivity contribution in [2.45, 2.75) is 32.7 Å². The van der Waals surface area contributed by atoms with E-state index in [0.717, 1.165) is 0 Å². The molecule has 1 rings (SSSR count). The van der Waals surface area contributed by atoms with Crippen LogP contribution in [0, 0.1) is 5.41 Å². The Labute approximate surface area is 56.5 Å². The second-order valence-corrected chi connectivity index (χ2v) is 3.40. The van der Waals surface area contributed by atoms with Crippen LogP contribution in [0.1, 0.15) is 26.7 Å². The second kappa shape index (κ2) is 2.27. The van der Waals surface area contributed by atoms with Gasteiger partial charge in [-0.3, -0.25) is 0 Å². The molecule has 0 amide bonds. The van der Waals surface area contributed by atoms with Gasteiger partial charge >= 0.3 is 0 Å². The number of hydroxylamine groups is 1. The lowest BCUT2D eigenvalue weighted by Crippen LogP contribution is -2.49. The fourth-order valence-electron chi connectivity index (χ4n) is 1.23. The van der Waals surface area contributed by atoms with Gasteiger partial charge in [-0.05, 0) is 18.3 Å². The maximum atomic E-state index is 4.83. The third-order valence-electron chi connectivity index (χ3n) is 2.28. The molecule has 0 spiro atoms. The molecule has 0 heterocycles. The molecular formula is C7H15NO. The van der Waals surface area contributed by atoms with Crippen LogP contribution in [0.3, 0.4) is 0 Å². The first-order valence-corrected chi connectivity index (χ1v) is 3.45. The summed E-state index contributed by atoms with van der Waals surface area (Å²) in [5.74, 6) is 0. The van der Waals surface area contributed by atoms with E-state index in [0.29, 0.717) is 11.5 Å². The Morgan fingerprint density at radius 1 is 1.56 bits per heavy atom. The Balaban J connectivity index is 2.28. The molecule has 0 radical (unpaired) electrons. The summed E-state index contributed by atoms with van der Waals surface area (Å²) in [6.07, 6.45) is 2.56. The van der Waals surface area contributed by atoms with Crippen LogP contribution in [0.25, 0.3) is 0 Å². The van der Waals surface area contributed by atoms with Crippen LogP contribution < -0.4 is 5.48 Å². The fourth-order valence-corrected chi connectivity index (χ4v) is 1.23. The number of rotatable bonds is 2. The van der Waals surface area contributed by atoms with E-state index in [-0.39, 0.29) is 0 Å². The molecule has 1 atom stereocenters. The lowest BCUT2D eigenvalue weighted by atomic mass is 9.68. The van der Waals surface area contributed by atoms with Crippen LogP contribution >= 0.6 is 0 Å². The molecule has 1 unspecified atom stereocenters. The summed E-state index contributed by atoms with van der Waals surface area (Å²) in [5.41, 5.74) is 3.43. The molecule has 1 fully saturated rings. The van der Waals surface area contributed by atoms with Crippen LogP contribution in [-0.4, -0.2) is 13.2 Å². The van der Waals surface area contributed by atoms with Crippen molar-refractivity contribution in [3.63, 3.8) is 0 Å². The van der Waals surface area contributed by atoms with Crippen molar-refractivity contribution >= 4 is 0 Å². The van der Waals surface area contributed by atoms with Crippen LogP contribution in [-0.2, 0) is 4.84 Å². The van der Waals surface area contributed by atoms with Gasteiger partial charge in [0.05, 0.1) is 7.11 Å². The minimum Gasteiger partial charge on any atom is -0.305 e. The Morgan fingerprint density at radius 3 is 2.33 bits per heavy atom. The Bertz CT molecular complexity index is 101. The molecule has 1 aliphatic carbocycles. The van der Waals surface area contributed by atoms with E-state index < -0.39 is 0 Å². The minimum atomic E-state index is 0.454. The fraction of sp³-hybridized carbons (Fsp3) is 1.00. The normalized spacial score (nSPS) is 31.7. The monoisotopic (exact) mass is 129 g/mol. The SMILES string of the molecule is CONC1CCC1(C)C. The van der Waals surface area contributed by atoms with Crippen molar-refractivity contribution in [2.75, 3.05) is 7.11 Å². The molecule has 9 heavy (non-hydrogen) atoms. The quantitative estimate of drug-likeness (QED) is 0.568. The predicted molar refractivity (Wildman–Crippen MR) is 36.9 cm³/mol. The van der Waals surface area contributed by atoms with Gasteiger partial charge in [0.2, 0.25) is 0 Å². The molecular weight excluding hydrogens is 114 g/mol. The van der Waals surface area contributed by atoms with Crippen LogP contribution in [0.4, 0.5) is 0 Å². The standard InChI is InChI=1S/C7H15NO/c1-7(2)5-4-6(7)8-9-3/h6,8H,4-5H2,1-3H3. The minimum absolute atomic E-state index is 0.454. The van der Waals surface area contributed by atoms with Gasteiger partial charge in [0, 0.05) is 6.04 Å². The van der Waals surface area contributed by atoms with E-state index in [1.807, 2.05) is 0 Å². The van der Waals surface area contributed by atoms with E-state index in [9.17, 15) is 0 Å². The van der Waals surface area contributed by atoms with Crippen molar-refractivity contribution in [2.24, 2.45) is 5.41 Å². The molecule has 0 bridgehead atoms. The summed E-state index contributed by atoms with van der Waals surface area (Å²) < 4.78 is 0. The number of hydrogen-bond acceptors (Lipinski definition) is 2. The zero-order valence-corrected chi connectivity index (χ0v) is 6.40. The summed E-state index contributed by atoms with van der Waals surface area (Å²) in [6, 6.07) is 0.572. The topological polar surface area (TPSA) is 21.3 Å². The number of hydrogen-bond donors (Lipinski definition) is 1. The van der Waals surface area contributed by atoms with E-state index in [1.165, 1.54) is 12.8 Å². The maximum absolute atomic E-state index is 4.83. The number of nitrogens with one attached hydrogen (secondary N) is 1. The molecule has 0 aliphatic heterocycles. The average Bonchev–Trinajstić information content (AvgIpc) is 1.81. The Kier molecular flexibility index (Phi) is 1.78. The molecule has 2 nitrogen and oxygen atoms in total. The van der Waals surface area contributed by atoms with E-state index in [4.69, 9.17) is 4.84 Å². The highest BCUT2D eigenvalue weighted by Crippen LogP contribution is 2.39. The molecule has 1 aliphatic rings. The van der Waals surface area contributed by atoms with Crippen molar-refractivity contribution in [3.8, 4) is 0 Å². The van der Waals surface area contributed by atoms with E-state index in [2.05, 4.69) is 19.3 Å². The van der Waals surface area contributed by atoms with E-state index in [1.54, 1.807) is 7.11 Å². The van der Waals surface area contributed by atoms with E-state index >= 15 is 0 Å². The van der Waals surface area contributed by atoms with Gasteiger partial charge in [-0.15, -0.1) is 0 Å². The third kappa shape index (κ3) is 1.25. The molecule has 0 aromatic rings. The highest BCUT2D eigenvalue weighted by molar-refractivity contribution is 4.92. The summed E-state index contributed by atoms with van der Waals surface area (Å²) >= 11 is 0. The summed E-state index contributed by atoms with van der Waals surface area (Å²) in [7, 11) is 1.68. The largest absolute Gasteiger partial charge is 0.305 e. The van der Waals surface area contributed by atoms with Gasteiger partial charge in [0.25, 0.3) is 0 Å². The molecule has 0 aromatic heterocycles. The van der Waals surface area contributed by atoms with Crippen molar-refractivity contribution < 1.29 is 4.84 Å². The van der Waals surface area contributed by atoms with Crippen molar-refractivity contribution in [1.82, 2.24) is 5.48 Å². The Hall–Kier alpha value is -0.0800. The first-order valence-electron chi connectivity index (χ1n) is 3.45. The first kappa shape index (κ1) is 7.03. The van der Waals surface area contributed by atoms with Gasteiger partial charge < -0.3 is 4.84 Å². The van der Waals surface area contributed by atoms with Crippen LogP contribution in [0.15, 0.2) is 0 Å². The van der Waals surface area contributed by atoms with Gasteiger partial charge in [0.15, 0.2) is 0 Å². The molecule has 0 aromatic carbocycles. The van der Waals surface area contributed by atoms with Crippen LogP contribution in [0.5, 0.6) is 0 Å². The molecule has 1 N–H and O–H groups in total. The molecule has 0 saturated heterocycles. The smallest absolute Gasteiger partial charge is 0.0572 e. The van der Waals surface area contributed by atoms with Crippen LogP contribution in [0.2, 0.25) is 0 Å². The lowest BCUT2D eigenvalue weighted by Gasteiger charge is -2.44. The second-order valence-electron chi connectivity index (χ2n) is 3.40. The maximum Gasteiger partial charge on any atom is 0.0572 e. The van der Waals surface area contributed by atoms with Gasteiger partial charge in [-0.2, -0.15) is 5.48 Å². The van der Waals surface area contributed by atoms with Gasteiger partial charge in [0.1, 0.15) is 0 Å².